The van der Waals surface area contributed by atoms with Gasteiger partial charge in [-0.25, -0.2) is 13.6 Å². The summed E-state index contributed by atoms with van der Waals surface area (Å²) in [5, 5.41) is 10.7. The number of hydrogen-bond acceptors (Lipinski definition) is 3. The summed E-state index contributed by atoms with van der Waals surface area (Å²) in [4.78, 5) is 10.7. The van der Waals surface area contributed by atoms with Gasteiger partial charge < -0.3 is 16.2 Å². The van der Waals surface area contributed by atoms with E-state index in [1.54, 1.807) is 0 Å². The standard InChI is InChI=1S/C10H10F4N2O2/c11-9(12)10(13,14)4-16-6-3-1-2-5(7(6)15)8(17)18/h1-3,9,16H,4,15H2,(H,17,18). The third-order valence-electron chi connectivity index (χ3n) is 2.17. The normalized spacial score (nSPS) is 11.6. The fourth-order valence-corrected chi connectivity index (χ4v) is 1.20. The number of nitrogens with one attached hydrogen (secondary N) is 1. The molecule has 0 atom stereocenters. The van der Waals surface area contributed by atoms with E-state index in [0.29, 0.717) is 0 Å². The van der Waals surface area contributed by atoms with Gasteiger partial charge in [-0.15, -0.1) is 0 Å². The molecule has 1 aromatic rings. The van der Waals surface area contributed by atoms with Crippen LogP contribution < -0.4 is 11.1 Å². The second kappa shape index (κ2) is 5.11. The van der Waals surface area contributed by atoms with Crippen LogP contribution in [0.1, 0.15) is 10.4 Å². The first-order valence-corrected chi connectivity index (χ1v) is 4.77. The summed E-state index contributed by atoms with van der Waals surface area (Å²) in [5.41, 5.74) is 4.71. The van der Waals surface area contributed by atoms with Crippen molar-refractivity contribution in [3.05, 3.63) is 23.8 Å². The number of carboxylic acid groups (broad SMARTS) is 1. The number of anilines is 2. The molecule has 0 fully saturated rings. The van der Waals surface area contributed by atoms with Crippen LogP contribution in [0.25, 0.3) is 0 Å². The number of nitrogen functional groups attached to an aromatic ring is 1. The molecule has 0 aliphatic heterocycles. The zero-order chi connectivity index (χ0) is 13.9. The lowest BCUT2D eigenvalue weighted by molar-refractivity contribution is -0.117. The van der Waals surface area contributed by atoms with Crippen molar-refractivity contribution in [3.8, 4) is 0 Å². The predicted molar refractivity (Wildman–Crippen MR) is 57.3 cm³/mol. The molecule has 4 nitrogen and oxygen atoms in total. The smallest absolute Gasteiger partial charge is 0.337 e. The molecule has 8 heteroatoms. The van der Waals surface area contributed by atoms with Crippen LogP contribution in [0.15, 0.2) is 18.2 Å². The van der Waals surface area contributed by atoms with Gasteiger partial charge in [0, 0.05) is 0 Å². The van der Waals surface area contributed by atoms with Gasteiger partial charge in [-0.3, -0.25) is 0 Å². The molecule has 0 aliphatic rings. The number of benzene rings is 1. The molecule has 0 saturated heterocycles. The summed E-state index contributed by atoms with van der Waals surface area (Å²) in [6.07, 6.45) is -3.81. The van der Waals surface area contributed by atoms with Crippen molar-refractivity contribution < 1.29 is 27.5 Å². The van der Waals surface area contributed by atoms with Gasteiger partial charge in [0.2, 0.25) is 0 Å². The topological polar surface area (TPSA) is 75.3 Å². The average Bonchev–Trinajstić information content (AvgIpc) is 2.27. The summed E-state index contributed by atoms with van der Waals surface area (Å²) >= 11 is 0. The van der Waals surface area contributed by atoms with Gasteiger partial charge in [0.1, 0.15) is 0 Å². The molecule has 1 rings (SSSR count). The number of alkyl halides is 4. The molecule has 0 radical (unpaired) electrons. The lowest BCUT2D eigenvalue weighted by atomic mass is 10.1. The maximum Gasteiger partial charge on any atom is 0.337 e. The molecule has 0 bridgehead atoms. The quantitative estimate of drug-likeness (QED) is 0.564. The number of para-hydroxylation sites is 1. The Labute approximate surface area is 99.4 Å². The van der Waals surface area contributed by atoms with E-state index in [9.17, 15) is 22.4 Å². The highest BCUT2D eigenvalue weighted by molar-refractivity contribution is 5.97. The van der Waals surface area contributed by atoms with Crippen molar-refractivity contribution in [1.82, 2.24) is 0 Å². The van der Waals surface area contributed by atoms with Crippen molar-refractivity contribution in [2.45, 2.75) is 12.3 Å². The van der Waals surface area contributed by atoms with Gasteiger partial charge in [-0.2, -0.15) is 8.78 Å². The SMILES string of the molecule is Nc1c(NCC(F)(F)C(F)F)cccc1C(=O)O. The first-order valence-electron chi connectivity index (χ1n) is 4.77. The molecule has 18 heavy (non-hydrogen) atoms. The molecule has 0 amide bonds. The molecule has 0 spiro atoms. The zero-order valence-corrected chi connectivity index (χ0v) is 8.96. The van der Waals surface area contributed by atoms with E-state index in [2.05, 4.69) is 0 Å². The van der Waals surface area contributed by atoms with Crippen LogP contribution in [0.2, 0.25) is 0 Å². The van der Waals surface area contributed by atoms with E-state index >= 15 is 0 Å². The van der Waals surface area contributed by atoms with Crippen molar-refractivity contribution in [2.75, 3.05) is 17.6 Å². The minimum Gasteiger partial charge on any atom is -0.478 e. The number of halogens is 4. The van der Waals surface area contributed by atoms with Gasteiger partial charge >= 0.3 is 18.3 Å². The van der Waals surface area contributed by atoms with Crippen LogP contribution in [-0.2, 0) is 0 Å². The molecule has 0 heterocycles. The number of carboxylic acids is 1. The maximum absolute atomic E-state index is 12.7. The van der Waals surface area contributed by atoms with Gasteiger partial charge in [-0.05, 0) is 12.1 Å². The molecule has 1 aromatic carbocycles. The molecule has 100 valence electrons. The zero-order valence-electron chi connectivity index (χ0n) is 8.96. The molecular formula is C10H10F4N2O2. The Bertz CT molecular complexity index is 452. The minimum atomic E-state index is -4.22. The monoisotopic (exact) mass is 266 g/mol. The van der Waals surface area contributed by atoms with Crippen LogP contribution in [0.4, 0.5) is 28.9 Å². The second-order valence-corrected chi connectivity index (χ2v) is 3.49. The van der Waals surface area contributed by atoms with Crippen molar-refractivity contribution in [2.24, 2.45) is 0 Å². The fourth-order valence-electron chi connectivity index (χ4n) is 1.20. The molecular weight excluding hydrogens is 256 g/mol. The fraction of sp³-hybridized carbons (Fsp3) is 0.300. The van der Waals surface area contributed by atoms with Crippen molar-refractivity contribution in [3.63, 3.8) is 0 Å². The van der Waals surface area contributed by atoms with Crippen LogP contribution in [0, 0.1) is 0 Å². The van der Waals surface area contributed by atoms with E-state index < -0.39 is 24.9 Å². The highest BCUT2D eigenvalue weighted by Gasteiger charge is 2.40. The molecule has 0 aromatic heterocycles. The molecule has 0 aliphatic carbocycles. The Morgan fingerprint density at radius 1 is 1.44 bits per heavy atom. The Morgan fingerprint density at radius 2 is 2.06 bits per heavy atom. The van der Waals surface area contributed by atoms with Gasteiger partial charge in [0.05, 0.1) is 23.5 Å². The lowest BCUT2D eigenvalue weighted by Crippen LogP contribution is -2.35. The lowest BCUT2D eigenvalue weighted by Gasteiger charge is -2.17. The van der Waals surface area contributed by atoms with Crippen LogP contribution in [0.5, 0.6) is 0 Å². The Morgan fingerprint density at radius 3 is 2.56 bits per heavy atom. The van der Waals surface area contributed by atoms with Crippen molar-refractivity contribution >= 4 is 17.3 Å². The Kier molecular flexibility index (Phi) is 4.00. The van der Waals surface area contributed by atoms with E-state index in [-0.39, 0.29) is 16.9 Å². The third-order valence-corrected chi connectivity index (χ3v) is 2.17. The van der Waals surface area contributed by atoms with Crippen LogP contribution >= 0.6 is 0 Å². The van der Waals surface area contributed by atoms with Gasteiger partial charge in [-0.1, -0.05) is 6.07 Å². The highest BCUT2D eigenvalue weighted by Crippen LogP contribution is 2.27. The molecule has 0 saturated carbocycles. The first-order chi connectivity index (χ1) is 8.25. The predicted octanol–water partition coefficient (Wildman–Crippen LogP) is 2.28. The Hall–Kier alpha value is -1.99. The molecule has 4 N–H and O–H groups in total. The number of rotatable bonds is 5. The summed E-state index contributed by atoms with van der Waals surface area (Å²) < 4.78 is 49.1. The van der Waals surface area contributed by atoms with Gasteiger partial charge in [0.25, 0.3) is 0 Å². The van der Waals surface area contributed by atoms with E-state index in [1.807, 2.05) is 5.32 Å². The maximum atomic E-state index is 12.7. The second-order valence-electron chi connectivity index (χ2n) is 3.49. The summed E-state index contributed by atoms with van der Waals surface area (Å²) in [6, 6.07) is 3.67. The van der Waals surface area contributed by atoms with Crippen LogP contribution in [0.3, 0.4) is 0 Å². The number of aromatic carboxylic acids is 1. The number of hydrogen-bond donors (Lipinski definition) is 3. The highest BCUT2D eigenvalue weighted by atomic mass is 19.3. The summed E-state index contributed by atoms with van der Waals surface area (Å²) in [5.74, 6) is -5.55. The van der Waals surface area contributed by atoms with E-state index in [1.165, 1.54) is 18.2 Å². The Balaban J connectivity index is 2.87. The largest absolute Gasteiger partial charge is 0.478 e. The van der Waals surface area contributed by atoms with E-state index in [4.69, 9.17) is 10.8 Å². The summed E-state index contributed by atoms with van der Waals surface area (Å²) in [6.45, 7) is -1.34. The van der Waals surface area contributed by atoms with E-state index in [0.717, 1.165) is 0 Å². The number of carbonyl (C=O) groups is 1. The molecule has 0 unspecified atom stereocenters. The average molecular weight is 266 g/mol. The number of nitrogens with two attached hydrogens (primary N) is 1. The summed E-state index contributed by atoms with van der Waals surface area (Å²) in [7, 11) is 0. The first kappa shape index (κ1) is 14.1. The van der Waals surface area contributed by atoms with Gasteiger partial charge in [0.15, 0.2) is 0 Å². The van der Waals surface area contributed by atoms with Crippen LogP contribution in [-0.4, -0.2) is 30.0 Å². The van der Waals surface area contributed by atoms with Crippen molar-refractivity contribution in [1.29, 1.82) is 0 Å². The minimum absolute atomic E-state index is 0.129. The third kappa shape index (κ3) is 3.02.